The lowest BCUT2D eigenvalue weighted by Gasteiger charge is -2.36. The molecule has 0 bridgehead atoms. The molecule has 7 nitrogen and oxygen atoms in total. The molecule has 4 rings (SSSR count). The van der Waals surface area contributed by atoms with Crippen molar-refractivity contribution in [3.63, 3.8) is 0 Å². The van der Waals surface area contributed by atoms with Crippen LogP contribution in [0, 0.1) is 11.6 Å². The summed E-state index contributed by atoms with van der Waals surface area (Å²) in [5.41, 5.74) is -1.24. The average molecular weight is 511 g/mol. The fourth-order valence-corrected chi connectivity index (χ4v) is 5.11. The number of hydrogen-bond acceptors (Lipinski definition) is 7. The third kappa shape index (κ3) is 4.67. The molecular formula is C23H21F4N3O4S. The molecule has 0 spiro atoms. The van der Waals surface area contributed by atoms with Gasteiger partial charge in [0.15, 0.2) is 0 Å². The lowest BCUT2D eigenvalue weighted by atomic mass is 9.82. The minimum Gasteiger partial charge on any atom is -0.480 e. The standard InChI is InChI=1S/C23H21F4N3O4S/c1-22(12-3-5-13(24)6-4-12)17(21(33)34-2)15(28-19(29-22)18-14(25)7-8-35-18)10-30-11-23(26,27)9-16(30)20(31)32/h3-8,16H,9-11H2,1-2H3,(H,28,29)(H,31,32). The van der Waals surface area contributed by atoms with Crippen molar-refractivity contribution in [1.82, 2.24) is 10.2 Å². The van der Waals surface area contributed by atoms with E-state index in [4.69, 9.17) is 4.74 Å². The first-order valence-corrected chi connectivity index (χ1v) is 11.4. The molecule has 1 aromatic heterocycles. The van der Waals surface area contributed by atoms with Gasteiger partial charge >= 0.3 is 11.9 Å². The molecule has 0 saturated carbocycles. The Labute approximate surface area is 201 Å². The number of halogens is 4. The SMILES string of the molecule is COC(=O)C1=C(CN2CC(F)(F)CC2C(=O)O)NC(c2sccc2F)=NC1(C)c1ccc(F)cc1. The first-order valence-electron chi connectivity index (χ1n) is 10.5. The van der Waals surface area contributed by atoms with E-state index in [-0.39, 0.29) is 22.0 Å². The second kappa shape index (κ2) is 9.08. The number of rotatable bonds is 6. The van der Waals surface area contributed by atoms with E-state index in [0.717, 1.165) is 23.3 Å². The molecule has 0 radical (unpaired) electrons. The summed E-state index contributed by atoms with van der Waals surface area (Å²) >= 11 is 1.03. The predicted molar refractivity (Wildman–Crippen MR) is 119 cm³/mol. The van der Waals surface area contributed by atoms with Crippen molar-refractivity contribution >= 4 is 29.1 Å². The van der Waals surface area contributed by atoms with Gasteiger partial charge in [-0.05, 0) is 36.1 Å². The summed E-state index contributed by atoms with van der Waals surface area (Å²) in [6.07, 6.45) is -0.890. The highest BCUT2D eigenvalue weighted by Gasteiger charge is 2.50. The Balaban J connectivity index is 1.89. The average Bonchev–Trinajstić information content (AvgIpc) is 3.35. The van der Waals surface area contributed by atoms with Gasteiger partial charge in [-0.15, -0.1) is 11.3 Å². The predicted octanol–water partition coefficient (Wildman–Crippen LogP) is 3.51. The topological polar surface area (TPSA) is 91.2 Å². The van der Waals surface area contributed by atoms with E-state index >= 15 is 0 Å². The first kappa shape index (κ1) is 24.9. The Morgan fingerprint density at radius 3 is 2.51 bits per heavy atom. The van der Waals surface area contributed by atoms with E-state index in [1.54, 1.807) is 0 Å². The molecule has 2 aliphatic rings. The number of alkyl halides is 2. The highest BCUT2D eigenvalue weighted by Crippen LogP contribution is 2.41. The molecule has 0 aliphatic carbocycles. The van der Waals surface area contributed by atoms with Crippen LogP contribution in [0.3, 0.4) is 0 Å². The fourth-order valence-electron chi connectivity index (χ4n) is 4.40. The molecule has 3 heterocycles. The van der Waals surface area contributed by atoms with Crippen molar-refractivity contribution in [2.24, 2.45) is 4.99 Å². The van der Waals surface area contributed by atoms with Crippen LogP contribution in [-0.2, 0) is 19.9 Å². The number of benzene rings is 1. The van der Waals surface area contributed by atoms with Gasteiger partial charge in [-0.1, -0.05) is 12.1 Å². The van der Waals surface area contributed by atoms with E-state index in [1.165, 1.54) is 42.6 Å². The number of ether oxygens (including phenoxy) is 1. The zero-order valence-electron chi connectivity index (χ0n) is 18.6. The van der Waals surface area contributed by atoms with Gasteiger partial charge in [0, 0.05) is 18.7 Å². The number of hydrogen-bond donors (Lipinski definition) is 2. The molecule has 1 aromatic carbocycles. The third-order valence-corrected chi connectivity index (χ3v) is 6.93. The highest BCUT2D eigenvalue weighted by molar-refractivity contribution is 7.12. The van der Waals surface area contributed by atoms with Gasteiger partial charge in [-0.3, -0.25) is 14.7 Å². The quantitative estimate of drug-likeness (QED) is 0.456. The zero-order chi connectivity index (χ0) is 25.5. The largest absolute Gasteiger partial charge is 0.480 e. The highest BCUT2D eigenvalue weighted by atomic mass is 32.1. The van der Waals surface area contributed by atoms with E-state index in [0.29, 0.717) is 5.56 Å². The van der Waals surface area contributed by atoms with Crippen LogP contribution in [0.15, 0.2) is 52.0 Å². The number of carbonyl (C=O) groups is 2. The van der Waals surface area contributed by atoms with E-state index in [9.17, 15) is 32.3 Å². The van der Waals surface area contributed by atoms with Gasteiger partial charge in [-0.2, -0.15) is 0 Å². The van der Waals surface area contributed by atoms with Crippen LogP contribution < -0.4 is 5.32 Å². The summed E-state index contributed by atoms with van der Waals surface area (Å²) in [6.45, 7) is 0.280. The van der Waals surface area contributed by atoms with E-state index in [2.05, 4.69) is 10.3 Å². The molecule has 2 N–H and O–H groups in total. The maximum Gasteiger partial charge on any atom is 0.338 e. The van der Waals surface area contributed by atoms with Crippen LogP contribution in [0.25, 0.3) is 0 Å². The lowest BCUT2D eigenvalue weighted by Crippen LogP contribution is -2.46. The number of carbonyl (C=O) groups excluding carboxylic acids is 1. The van der Waals surface area contributed by atoms with Crippen LogP contribution in [0.5, 0.6) is 0 Å². The minimum absolute atomic E-state index is 0.0183. The van der Waals surface area contributed by atoms with Crippen LogP contribution in [0.1, 0.15) is 23.8 Å². The number of nitrogens with zero attached hydrogens (tertiary/aromatic N) is 2. The molecule has 0 amide bonds. The summed E-state index contributed by atoms with van der Waals surface area (Å²) in [7, 11) is 1.13. The maximum atomic E-state index is 14.5. The Hall–Kier alpha value is -3.25. The lowest BCUT2D eigenvalue weighted by molar-refractivity contribution is -0.142. The van der Waals surface area contributed by atoms with Gasteiger partial charge in [0.1, 0.15) is 33.9 Å². The molecule has 186 valence electrons. The van der Waals surface area contributed by atoms with Crippen molar-refractivity contribution in [2.75, 3.05) is 20.2 Å². The molecule has 1 saturated heterocycles. The van der Waals surface area contributed by atoms with Crippen molar-refractivity contribution in [3.05, 3.63) is 69.1 Å². The number of likely N-dealkylation sites (tertiary alicyclic amines) is 1. The smallest absolute Gasteiger partial charge is 0.338 e. The molecular weight excluding hydrogens is 490 g/mol. The summed E-state index contributed by atoms with van der Waals surface area (Å²) in [6, 6.07) is 4.85. The van der Waals surface area contributed by atoms with Gasteiger partial charge in [-0.25, -0.2) is 22.4 Å². The number of aliphatic carboxylic acids is 1. The molecule has 35 heavy (non-hydrogen) atoms. The molecule has 2 unspecified atom stereocenters. The van der Waals surface area contributed by atoms with Crippen molar-refractivity contribution in [3.8, 4) is 0 Å². The summed E-state index contributed by atoms with van der Waals surface area (Å²) in [5, 5.41) is 13.9. The Morgan fingerprint density at radius 2 is 1.94 bits per heavy atom. The van der Waals surface area contributed by atoms with Gasteiger partial charge < -0.3 is 15.2 Å². The fraction of sp³-hybridized carbons (Fsp3) is 0.348. The van der Waals surface area contributed by atoms with Gasteiger partial charge in [0.2, 0.25) is 0 Å². The molecule has 1 fully saturated rings. The number of carboxylic acid groups (broad SMARTS) is 1. The third-order valence-electron chi connectivity index (χ3n) is 6.03. The molecule has 2 atom stereocenters. The van der Waals surface area contributed by atoms with Crippen molar-refractivity contribution < 1.29 is 37.0 Å². The zero-order valence-corrected chi connectivity index (χ0v) is 19.5. The Morgan fingerprint density at radius 1 is 1.26 bits per heavy atom. The van der Waals surface area contributed by atoms with Crippen molar-refractivity contribution in [1.29, 1.82) is 0 Å². The van der Waals surface area contributed by atoms with Crippen LogP contribution in [-0.4, -0.2) is 59.9 Å². The van der Waals surface area contributed by atoms with E-state index < -0.39 is 60.6 Å². The number of amidine groups is 1. The normalized spacial score (nSPS) is 24.2. The number of aliphatic imine (C=N–C) groups is 1. The summed E-state index contributed by atoms with van der Waals surface area (Å²) in [4.78, 5) is 30.4. The monoisotopic (exact) mass is 511 g/mol. The Bertz CT molecular complexity index is 1230. The van der Waals surface area contributed by atoms with Gasteiger partial charge in [0.05, 0.1) is 19.2 Å². The van der Waals surface area contributed by atoms with E-state index in [1.807, 2.05) is 0 Å². The number of thiophene rings is 1. The van der Waals surface area contributed by atoms with Crippen LogP contribution >= 0.6 is 11.3 Å². The van der Waals surface area contributed by atoms with Crippen LogP contribution in [0.2, 0.25) is 0 Å². The summed E-state index contributed by atoms with van der Waals surface area (Å²) < 4.78 is 61.4. The minimum atomic E-state index is -3.25. The Kier molecular flexibility index (Phi) is 6.45. The molecule has 2 aromatic rings. The maximum absolute atomic E-state index is 14.5. The second-order valence-corrected chi connectivity index (χ2v) is 9.34. The first-order chi connectivity index (χ1) is 16.4. The van der Waals surface area contributed by atoms with Gasteiger partial charge in [0.25, 0.3) is 5.92 Å². The molecule has 2 aliphatic heterocycles. The van der Waals surface area contributed by atoms with Crippen LogP contribution in [0.4, 0.5) is 17.6 Å². The number of methoxy groups -OCH3 is 1. The number of nitrogens with one attached hydrogen (secondary N) is 1. The number of carboxylic acids is 1. The second-order valence-electron chi connectivity index (χ2n) is 8.43. The van der Waals surface area contributed by atoms with Crippen molar-refractivity contribution in [2.45, 2.75) is 30.8 Å². The summed E-state index contributed by atoms with van der Waals surface area (Å²) in [5.74, 6) is -6.65. The number of esters is 1. The molecule has 12 heteroatoms.